The van der Waals surface area contributed by atoms with Crippen LogP contribution in [-0.4, -0.2) is 31.0 Å². The third-order valence-corrected chi connectivity index (χ3v) is 4.36. The first-order chi connectivity index (χ1) is 9.44. The van der Waals surface area contributed by atoms with Crippen molar-refractivity contribution in [2.45, 2.75) is 6.92 Å². The number of aromatic nitrogens is 2. The maximum absolute atomic E-state index is 11.8. The van der Waals surface area contributed by atoms with E-state index in [9.17, 15) is 8.42 Å². The van der Waals surface area contributed by atoms with Crippen LogP contribution in [0.1, 0.15) is 5.01 Å². The molecule has 1 aromatic heterocycles. The molecule has 20 heavy (non-hydrogen) atoms. The van der Waals surface area contributed by atoms with Crippen LogP contribution < -0.4 is 15.2 Å². The summed E-state index contributed by atoms with van der Waals surface area (Å²) in [6.07, 6.45) is 0. The second kappa shape index (κ2) is 6.06. The van der Waals surface area contributed by atoms with Crippen molar-refractivity contribution in [2.75, 3.05) is 22.8 Å². The van der Waals surface area contributed by atoms with Gasteiger partial charge in [-0.1, -0.05) is 11.3 Å². The number of nitrogens with zero attached hydrogens (tertiary/aromatic N) is 2. The first-order valence-corrected chi connectivity index (χ1v) is 8.20. The Morgan fingerprint density at radius 1 is 1.30 bits per heavy atom. The highest BCUT2D eigenvalue weighted by molar-refractivity contribution is 7.92. The number of nitrogens with one attached hydrogen (secondary N) is 1. The zero-order chi connectivity index (χ0) is 14.6. The van der Waals surface area contributed by atoms with Crippen molar-refractivity contribution in [1.82, 2.24) is 10.2 Å². The molecule has 2 aromatic rings. The number of sulfonamides is 1. The van der Waals surface area contributed by atoms with Gasteiger partial charge in [0.15, 0.2) is 0 Å². The number of nitrogens with two attached hydrogens (primary N) is 1. The Balaban J connectivity index is 1.84. The highest BCUT2D eigenvalue weighted by Gasteiger charge is 2.13. The molecule has 0 aliphatic heterocycles. The number of anilines is 2. The van der Waals surface area contributed by atoms with Gasteiger partial charge in [0.05, 0.1) is 0 Å². The predicted molar refractivity (Wildman–Crippen MR) is 78.4 cm³/mol. The second-order valence-corrected chi connectivity index (χ2v) is 6.99. The fraction of sp³-hybridized carbons (Fsp3) is 0.273. The summed E-state index contributed by atoms with van der Waals surface area (Å²) in [5, 5.41) is 8.39. The Morgan fingerprint density at radius 2 is 2.00 bits per heavy atom. The maximum atomic E-state index is 11.8. The molecule has 7 nitrogen and oxygen atoms in total. The summed E-state index contributed by atoms with van der Waals surface area (Å²) in [4.78, 5) is 0. The molecule has 0 amide bonds. The predicted octanol–water partition coefficient (Wildman–Crippen LogP) is 1.25. The number of hydrogen-bond donors (Lipinski definition) is 2. The molecule has 0 saturated heterocycles. The lowest BCUT2D eigenvalue weighted by Crippen LogP contribution is -2.21. The van der Waals surface area contributed by atoms with E-state index >= 15 is 0 Å². The lowest BCUT2D eigenvalue weighted by molar-refractivity contribution is 0.341. The van der Waals surface area contributed by atoms with Gasteiger partial charge in [-0.2, -0.15) is 0 Å². The van der Waals surface area contributed by atoms with E-state index in [1.807, 2.05) is 0 Å². The van der Waals surface area contributed by atoms with Crippen molar-refractivity contribution in [3.8, 4) is 5.75 Å². The fourth-order valence-electron chi connectivity index (χ4n) is 1.36. The van der Waals surface area contributed by atoms with Gasteiger partial charge in [-0.3, -0.25) is 4.72 Å². The van der Waals surface area contributed by atoms with E-state index in [1.54, 1.807) is 31.2 Å². The van der Waals surface area contributed by atoms with Gasteiger partial charge in [-0.25, -0.2) is 8.42 Å². The maximum Gasteiger partial charge on any atom is 0.237 e. The van der Waals surface area contributed by atoms with E-state index in [1.165, 1.54) is 11.3 Å². The van der Waals surface area contributed by atoms with Crippen LogP contribution in [0.15, 0.2) is 24.3 Å². The molecule has 0 aliphatic carbocycles. The molecule has 0 atom stereocenters. The van der Waals surface area contributed by atoms with Gasteiger partial charge in [0.1, 0.15) is 23.1 Å². The van der Waals surface area contributed by atoms with E-state index in [0.717, 1.165) is 0 Å². The van der Waals surface area contributed by atoms with E-state index in [4.69, 9.17) is 10.5 Å². The molecule has 0 unspecified atom stereocenters. The van der Waals surface area contributed by atoms with Gasteiger partial charge in [0.25, 0.3) is 0 Å². The van der Waals surface area contributed by atoms with Crippen molar-refractivity contribution >= 4 is 32.2 Å². The summed E-state index contributed by atoms with van der Waals surface area (Å²) < 4.78 is 31.2. The summed E-state index contributed by atoms with van der Waals surface area (Å²) in [7, 11) is -3.49. The number of benzene rings is 1. The lowest BCUT2D eigenvalue weighted by atomic mass is 10.3. The standard InChI is InChI=1S/C11H14N4O3S2/c1-8-13-14-11(19-8)15-20(16,17)7-6-18-10-4-2-9(12)3-5-10/h2-5H,6-7,12H2,1H3,(H,14,15). The molecule has 2 rings (SSSR count). The van der Waals surface area contributed by atoms with Crippen LogP contribution in [-0.2, 0) is 10.0 Å². The van der Waals surface area contributed by atoms with Crippen molar-refractivity contribution in [2.24, 2.45) is 0 Å². The van der Waals surface area contributed by atoms with Crippen molar-refractivity contribution in [3.05, 3.63) is 29.3 Å². The average Bonchev–Trinajstić information content (AvgIpc) is 2.76. The molecule has 0 aliphatic rings. The molecule has 1 aromatic carbocycles. The minimum atomic E-state index is -3.49. The number of ether oxygens (including phenoxy) is 1. The molecule has 9 heteroatoms. The topological polar surface area (TPSA) is 107 Å². The number of hydrogen-bond acceptors (Lipinski definition) is 7. The summed E-state index contributed by atoms with van der Waals surface area (Å²) in [6.45, 7) is 1.79. The Hall–Kier alpha value is -1.87. The number of nitrogen functional groups attached to an aromatic ring is 1. The van der Waals surface area contributed by atoms with E-state index in [2.05, 4.69) is 14.9 Å². The first-order valence-electron chi connectivity index (χ1n) is 5.73. The first kappa shape index (κ1) is 14.5. The summed E-state index contributed by atoms with van der Waals surface area (Å²) in [6, 6.07) is 6.74. The van der Waals surface area contributed by atoms with Gasteiger partial charge in [-0.15, -0.1) is 10.2 Å². The van der Waals surface area contributed by atoms with Gasteiger partial charge in [0, 0.05) is 5.69 Å². The third kappa shape index (κ3) is 4.35. The second-order valence-electron chi connectivity index (χ2n) is 3.96. The zero-order valence-corrected chi connectivity index (χ0v) is 12.4. The normalized spacial score (nSPS) is 11.2. The van der Waals surface area contributed by atoms with Crippen LogP contribution in [0.25, 0.3) is 0 Å². The van der Waals surface area contributed by atoms with Crippen LogP contribution in [0.2, 0.25) is 0 Å². The smallest absolute Gasteiger partial charge is 0.237 e. The Bertz CT molecular complexity index is 667. The molecular weight excluding hydrogens is 300 g/mol. The summed E-state index contributed by atoms with van der Waals surface area (Å²) in [5.74, 6) is 0.400. The van der Waals surface area contributed by atoms with Gasteiger partial charge < -0.3 is 10.5 Å². The Morgan fingerprint density at radius 3 is 2.60 bits per heavy atom. The van der Waals surface area contributed by atoms with E-state index < -0.39 is 10.0 Å². The van der Waals surface area contributed by atoms with E-state index in [0.29, 0.717) is 16.4 Å². The highest BCUT2D eigenvalue weighted by Crippen LogP contribution is 2.16. The molecular formula is C11H14N4O3S2. The fourth-order valence-corrected chi connectivity index (χ4v) is 3.06. The van der Waals surface area contributed by atoms with Crippen LogP contribution in [0, 0.1) is 6.92 Å². The van der Waals surface area contributed by atoms with E-state index in [-0.39, 0.29) is 17.5 Å². The summed E-state index contributed by atoms with van der Waals surface area (Å²) >= 11 is 1.18. The SMILES string of the molecule is Cc1nnc(NS(=O)(=O)CCOc2ccc(N)cc2)s1. The third-order valence-electron chi connectivity index (χ3n) is 2.27. The Labute approximate surface area is 120 Å². The quantitative estimate of drug-likeness (QED) is 0.777. The molecule has 108 valence electrons. The molecule has 1 heterocycles. The van der Waals surface area contributed by atoms with Crippen LogP contribution in [0.3, 0.4) is 0 Å². The minimum absolute atomic E-state index is 0.0387. The number of rotatable bonds is 6. The molecule has 0 saturated carbocycles. The lowest BCUT2D eigenvalue weighted by Gasteiger charge is -2.07. The summed E-state index contributed by atoms with van der Waals surface area (Å²) in [5.41, 5.74) is 6.16. The van der Waals surface area contributed by atoms with Crippen molar-refractivity contribution in [3.63, 3.8) is 0 Å². The number of aryl methyl sites for hydroxylation is 1. The minimum Gasteiger partial charge on any atom is -0.492 e. The molecule has 0 bridgehead atoms. The molecule has 0 spiro atoms. The van der Waals surface area contributed by atoms with Crippen LogP contribution in [0.5, 0.6) is 5.75 Å². The average molecular weight is 314 g/mol. The van der Waals surface area contributed by atoms with Crippen LogP contribution >= 0.6 is 11.3 Å². The van der Waals surface area contributed by atoms with Gasteiger partial charge >= 0.3 is 0 Å². The zero-order valence-electron chi connectivity index (χ0n) is 10.7. The Kier molecular flexibility index (Phi) is 4.40. The molecule has 0 fully saturated rings. The van der Waals surface area contributed by atoms with Crippen LogP contribution in [0.4, 0.5) is 10.8 Å². The van der Waals surface area contributed by atoms with Crippen molar-refractivity contribution < 1.29 is 13.2 Å². The molecule has 3 N–H and O–H groups in total. The van der Waals surface area contributed by atoms with Crippen molar-refractivity contribution in [1.29, 1.82) is 0 Å². The largest absolute Gasteiger partial charge is 0.492 e. The molecule has 0 radical (unpaired) electrons. The van der Waals surface area contributed by atoms with Gasteiger partial charge in [0.2, 0.25) is 15.2 Å². The van der Waals surface area contributed by atoms with Gasteiger partial charge in [-0.05, 0) is 31.2 Å². The monoisotopic (exact) mass is 314 g/mol. The highest BCUT2D eigenvalue weighted by atomic mass is 32.2.